The summed E-state index contributed by atoms with van der Waals surface area (Å²) in [5.74, 6) is -0.282. The summed E-state index contributed by atoms with van der Waals surface area (Å²) >= 11 is 0. The third-order valence-corrected chi connectivity index (χ3v) is 0.875. The third-order valence-electron chi connectivity index (χ3n) is 0.875. The largest absolute Gasteiger partial charge is 0.259 e. The summed E-state index contributed by atoms with van der Waals surface area (Å²) in [6.07, 6.45) is 2.45. The maximum Gasteiger partial charge on any atom is 0.141 e. The van der Waals surface area contributed by atoms with Crippen LogP contribution in [-0.4, -0.2) is 4.98 Å². The molecule has 11 heavy (non-hydrogen) atoms. The molecule has 1 heterocycles. The van der Waals surface area contributed by atoms with Gasteiger partial charge in [-0.05, 0) is 19.1 Å². The SMILES string of the molecule is CCC.Cc1ccc(F)cn1. The van der Waals surface area contributed by atoms with Crippen LogP contribution in [0.2, 0.25) is 0 Å². The van der Waals surface area contributed by atoms with Crippen LogP contribution in [0.15, 0.2) is 18.3 Å². The number of aromatic nitrogens is 1. The fraction of sp³-hybridized carbons (Fsp3) is 0.444. The molecule has 0 atom stereocenters. The van der Waals surface area contributed by atoms with E-state index in [1.165, 1.54) is 18.7 Å². The van der Waals surface area contributed by atoms with Crippen LogP contribution in [0.4, 0.5) is 4.39 Å². The van der Waals surface area contributed by atoms with Crippen LogP contribution < -0.4 is 0 Å². The zero-order valence-electron chi connectivity index (χ0n) is 7.26. The standard InChI is InChI=1S/C6H6FN.C3H8/c1-5-2-3-6(7)4-8-5;1-3-2/h2-4H,1H3;3H2,1-2H3. The fourth-order valence-corrected chi connectivity index (χ4v) is 0.450. The van der Waals surface area contributed by atoms with Gasteiger partial charge in [-0.3, -0.25) is 4.98 Å². The zero-order chi connectivity index (χ0) is 8.69. The quantitative estimate of drug-likeness (QED) is 0.561. The number of hydrogen-bond donors (Lipinski definition) is 0. The highest BCUT2D eigenvalue weighted by molar-refractivity contribution is 5.02. The van der Waals surface area contributed by atoms with Crippen LogP contribution in [0.3, 0.4) is 0 Å². The van der Waals surface area contributed by atoms with Gasteiger partial charge in [0, 0.05) is 5.69 Å². The average molecular weight is 155 g/mol. The summed E-state index contributed by atoms with van der Waals surface area (Å²) in [7, 11) is 0. The zero-order valence-corrected chi connectivity index (χ0v) is 7.26. The van der Waals surface area contributed by atoms with Gasteiger partial charge in [-0.1, -0.05) is 20.3 Å². The second-order valence-corrected chi connectivity index (χ2v) is 2.32. The van der Waals surface area contributed by atoms with Crippen molar-refractivity contribution in [2.24, 2.45) is 0 Å². The van der Waals surface area contributed by atoms with Gasteiger partial charge in [-0.15, -0.1) is 0 Å². The molecule has 2 heteroatoms. The van der Waals surface area contributed by atoms with Crippen LogP contribution in [0, 0.1) is 12.7 Å². The highest BCUT2D eigenvalue weighted by Gasteiger charge is 1.84. The highest BCUT2D eigenvalue weighted by atomic mass is 19.1. The first-order valence-electron chi connectivity index (χ1n) is 3.78. The van der Waals surface area contributed by atoms with Crippen LogP contribution >= 0.6 is 0 Å². The van der Waals surface area contributed by atoms with E-state index in [4.69, 9.17) is 0 Å². The first-order chi connectivity index (χ1) is 5.20. The highest BCUT2D eigenvalue weighted by Crippen LogP contribution is 1.94. The van der Waals surface area contributed by atoms with Crippen molar-refractivity contribution >= 4 is 0 Å². The van der Waals surface area contributed by atoms with Crippen molar-refractivity contribution in [1.29, 1.82) is 0 Å². The second kappa shape index (κ2) is 5.83. The summed E-state index contributed by atoms with van der Waals surface area (Å²) in [4.78, 5) is 3.70. The molecule has 0 aromatic carbocycles. The lowest BCUT2D eigenvalue weighted by molar-refractivity contribution is 0.620. The Balaban J connectivity index is 0.000000292. The van der Waals surface area contributed by atoms with Gasteiger partial charge in [0.05, 0.1) is 6.20 Å². The van der Waals surface area contributed by atoms with Gasteiger partial charge in [0.25, 0.3) is 0 Å². The maximum absolute atomic E-state index is 12.0. The predicted molar refractivity (Wildman–Crippen MR) is 44.9 cm³/mol. The molecule has 1 aromatic heterocycles. The molecule has 0 saturated carbocycles. The molecule has 0 amide bonds. The Morgan fingerprint density at radius 2 is 1.91 bits per heavy atom. The molecule has 0 aliphatic carbocycles. The van der Waals surface area contributed by atoms with Gasteiger partial charge in [0.2, 0.25) is 0 Å². The van der Waals surface area contributed by atoms with Gasteiger partial charge in [0.15, 0.2) is 0 Å². The molecular formula is C9H14FN. The van der Waals surface area contributed by atoms with Crippen molar-refractivity contribution in [3.05, 3.63) is 29.8 Å². The van der Waals surface area contributed by atoms with Crippen molar-refractivity contribution < 1.29 is 4.39 Å². The van der Waals surface area contributed by atoms with E-state index in [9.17, 15) is 4.39 Å². The minimum Gasteiger partial charge on any atom is -0.259 e. The topological polar surface area (TPSA) is 12.9 Å². The van der Waals surface area contributed by atoms with Crippen molar-refractivity contribution in [2.45, 2.75) is 27.2 Å². The van der Waals surface area contributed by atoms with Crippen LogP contribution in [0.1, 0.15) is 26.0 Å². The molecule has 1 rings (SSSR count). The van der Waals surface area contributed by atoms with Crippen LogP contribution in [0.5, 0.6) is 0 Å². The lowest BCUT2D eigenvalue weighted by Crippen LogP contribution is -1.79. The molecule has 0 saturated heterocycles. The van der Waals surface area contributed by atoms with Crippen molar-refractivity contribution in [3.63, 3.8) is 0 Å². The molecule has 0 N–H and O–H groups in total. The molecule has 0 bridgehead atoms. The van der Waals surface area contributed by atoms with E-state index >= 15 is 0 Å². The lowest BCUT2D eigenvalue weighted by Gasteiger charge is -1.86. The smallest absolute Gasteiger partial charge is 0.141 e. The minimum absolute atomic E-state index is 0.282. The van der Waals surface area contributed by atoms with Crippen molar-refractivity contribution in [3.8, 4) is 0 Å². The van der Waals surface area contributed by atoms with E-state index < -0.39 is 0 Å². The fourth-order valence-electron chi connectivity index (χ4n) is 0.450. The number of rotatable bonds is 0. The van der Waals surface area contributed by atoms with E-state index in [-0.39, 0.29) is 5.82 Å². The Kier molecular flexibility index (Phi) is 5.35. The monoisotopic (exact) mass is 155 g/mol. The molecule has 0 unspecified atom stereocenters. The van der Waals surface area contributed by atoms with Gasteiger partial charge < -0.3 is 0 Å². The Labute approximate surface area is 67.3 Å². The summed E-state index contributed by atoms with van der Waals surface area (Å²) in [6.45, 7) is 6.07. The molecule has 0 aliphatic heterocycles. The number of aryl methyl sites for hydroxylation is 1. The summed E-state index contributed by atoms with van der Waals surface area (Å²) in [5.41, 5.74) is 0.839. The number of nitrogens with zero attached hydrogens (tertiary/aromatic N) is 1. The predicted octanol–water partition coefficient (Wildman–Crippen LogP) is 2.95. The van der Waals surface area contributed by atoms with Gasteiger partial charge in [-0.2, -0.15) is 0 Å². The average Bonchev–Trinajstić information content (AvgIpc) is 1.97. The molecule has 1 aromatic rings. The van der Waals surface area contributed by atoms with Gasteiger partial charge in [0.1, 0.15) is 5.82 Å². The van der Waals surface area contributed by atoms with Gasteiger partial charge >= 0.3 is 0 Å². The maximum atomic E-state index is 12.0. The Morgan fingerprint density at radius 1 is 1.36 bits per heavy atom. The number of halogens is 1. The van der Waals surface area contributed by atoms with Crippen LogP contribution in [-0.2, 0) is 0 Å². The van der Waals surface area contributed by atoms with E-state index in [0.717, 1.165) is 5.69 Å². The Hall–Kier alpha value is -0.920. The Morgan fingerprint density at radius 3 is 2.18 bits per heavy atom. The van der Waals surface area contributed by atoms with Crippen molar-refractivity contribution in [1.82, 2.24) is 4.98 Å². The second-order valence-electron chi connectivity index (χ2n) is 2.32. The summed E-state index contributed by atoms with van der Waals surface area (Å²) < 4.78 is 12.0. The molecular weight excluding hydrogens is 141 g/mol. The van der Waals surface area contributed by atoms with Crippen molar-refractivity contribution in [2.75, 3.05) is 0 Å². The number of pyridine rings is 1. The Bertz CT molecular complexity index is 160. The third kappa shape index (κ3) is 5.52. The summed E-state index contributed by atoms with van der Waals surface area (Å²) in [5, 5.41) is 0. The molecule has 62 valence electrons. The van der Waals surface area contributed by atoms with Gasteiger partial charge in [-0.25, -0.2) is 4.39 Å². The molecule has 1 nitrogen and oxygen atoms in total. The first-order valence-corrected chi connectivity index (χ1v) is 3.78. The number of hydrogen-bond acceptors (Lipinski definition) is 1. The molecule has 0 fully saturated rings. The van der Waals surface area contributed by atoms with E-state index in [0.29, 0.717) is 0 Å². The molecule has 0 radical (unpaired) electrons. The normalized spacial score (nSPS) is 8.36. The molecule has 0 aliphatic rings. The van der Waals surface area contributed by atoms with E-state index in [1.807, 2.05) is 6.92 Å². The summed E-state index contributed by atoms with van der Waals surface area (Å²) in [6, 6.07) is 3.03. The molecule has 0 spiro atoms. The lowest BCUT2D eigenvalue weighted by atomic mass is 10.4. The van der Waals surface area contributed by atoms with E-state index in [2.05, 4.69) is 18.8 Å². The first kappa shape index (κ1) is 10.1. The van der Waals surface area contributed by atoms with E-state index in [1.54, 1.807) is 6.07 Å². The van der Waals surface area contributed by atoms with Crippen LogP contribution in [0.25, 0.3) is 0 Å². The minimum atomic E-state index is -0.282.